The lowest BCUT2D eigenvalue weighted by Crippen LogP contribution is -2.45. The van der Waals surface area contributed by atoms with Crippen LogP contribution in [-0.2, 0) is 0 Å². The number of hydrogen-bond donors (Lipinski definition) is 2. The van der Waals surface area contributed by atoms with Crippen molar-refractivity contribution >= 4 is 27.7 Å². The van der Waals surface area contributed by atoms with Crippen LogP contribution in [0.1, 0.15) is 13.8 Å². The zero-order chi connectivity index (χ0) is 17.4. The number of para-hydroxylation sites is 2. The molecule has 3 N–H and O–H groups in total. The van der Waals surface area contributed by atoms with Crippen LogP contribution in [0.4, 0.5) is 5.69 Å². The number of anilines is 1. The van der Waals surface area contributed by atoms with Crippen molar-refractivity contribution in [1.29, 1.82) is 0 Å². The maximum absolute atomic E-state index is 6.19. The van der Waals surface area contributed by atoms with Crippen LogP contribution < -0.4 is 15.9 Å². The van der Waals surface area contributed by atoms with Gasteiger partial charge in [-0.3, -0.25) is 0 Å². The summed E-state index contributed by atoms with van der Waals surface area (Å²) >= 11 is 0. The van der Waals surface area contributed by atoms with Crippen LogP contribution in [0.2, 0.25) is 0 Å². The summed E-state index contributed by atoms with van der Waals surface area (Å²) in [6.45, 7) is 6.19. The molecule has 0 bridgehead atoms. The Balaban J connectivity index is 1.84. The fourth-order valence-electron chi connectivity index (χ4n) is 3.18. The number of aromatic amines is 1. The van der Waals surface area contributed by atoms with E-state index in [1.54, 1.807) is 0 Å². The first-order valence-corrected chi connectivity index (χ1v) is 8.56. The number of nitrogens with zero attached hydrogens (tertiary/aromatic N) is 2. The minimum atomic E-state index is 0.364. The number of hydrogen-bond acceptors (Lipinski definition) is 3. The van der Waals surface area contributed by atoms with Gasteiger partial charge in [0.05, 0.1) is 11.0 Å². The van der Waals surface area contributed by atoms with Crippen LogP contribution in [-0.4, -0.2) is 23.1 Å². The first-order valence-electron chi connectivity index (χ1n) is 8.56. The zero-order valence-electron chi connectivity index (χ0n) is 14.4. The molecule has 5 heteroatoms. The lowest BCUT2D eigenvalue weighted by atomic mass is 10.1. The first-order chi connectivity index (χ1) is 12.2. The molecule has 0 unspecified atom stereocenters. The average Bonchev–Trinajstić information content (AvgIpc) is 3.06. The van der Waals surface area contributed by atoms with Crippen LogP contribution in [0.15, 0.2) is 52.9 Å². The summed E-state index contributed by atoms with van der Waals surface area (Å²) in [5.41, 5.74) is 4.95. The van der Waals surface area contributed by atoms with Gasteiger partial charge in [-0.2, -0.15) is 0 Å². The topological polar surface area (TPSA) is 70.7 Å². The van der Waals surface area contributed by atoms with E-state index in [1.807, 2.05) is 36.4 Å². The van der Waals surface area contributed by atoms with E-state index in [2.05, 4.69) is 40.8 Å². The predicted octanol–water partition coefficient (Wildman–Crippen LogP) is 2.48. The van der Waals surface area contributed by atoms with Gasteiger partial charge < -0.3 is 14.3 Å². The molecular formula is C20H21N4O+. The van der Waals surface area contributed by atoms with Gasteiger partial charge in [-0.25, -0.2) is 10.4 Å². The molecule has 0 aliphatic heterocycles. The number of aromatic nitrogens is 2. The number of rotatable bonds is 4. The number of imidazole rings is 1. The number of fused-ring (bicyclic) bond motifs is 2. The second kappa shape index (κ2) is 6.09. The molecule has 0 aliphatic rings. The highest BCUT2D eigenvalue weighted by Crippen LogP contribution is 2.25. The molecule has 2 heterocycles. The molecule has 5 nitrogen and oxygen atoms in total. The lowest BCUT2D eigenvalue weighted by Gasteiger charge is -2.20. The Morgan fingerprint density at radius 3 is 2.64 bits per heavy atom. The van der Waals surface area contributed by atoms with Gasteiger partial charge in [-0.15, -0.1) is 0 Å². The Morgan fingerprint density at radius 2 is 1.88 bits per heavy atom. The fraction of sp³-hybridized carbons (Fsp3) is 0.200. The van der Waals surface area contributed by atoms with Crippen LogP contribution in [0.25, 0.3) is 33.4 Å². The average molecular weight is 333 g/mol. The second-order valence-corrected chi connectivity index (χ2v) is 6.02. The van der Waals surface area contributed by atoms with Crippen LogP contribution in [0.5, 0.6) is 0 Å². The molecule has 0 saturated carbocycles. The first kappa shape index (κ1) is 15.4. The predicted molar refractivity (Wildman–Crippen MR) is 99.9 cm³/mol. The van der Waals surface area contributed by atoms with Crippen molar-refractivity contribution in [2.24, 2.45) is 0 Å². The maximum atomic E-state index is 6.19. The quantitative estimate of drug-likeness (QED) is 0.603. The SMILES string of the molecule is CCN(CC)c1ccc2cc(-c3nc4ccccc4[nH]3)c(=[NH2+])oc2c1. The highest BCUT2D eigenvalue weighted by atomic mass is 16.3. The van der Waals surface area contributed by atoms with Crippen molar-refractivity contribution in [3.63, 3.8) is 0 Å². The molecule has 2 aromatic carbocycles. The summed E-state index contributed by atoms with van der Waals surface area (Å²) in [4.78, 5) is 10.2. The molecule has 0 spiro atoms. The van der Waals surface area contributed by atoms with E-state index in [0.29, 0.717) is 5.55 Å². The van der Waals surface area contributed by atoms with E-state index in [0.717, 1.165) is 52.2 Å². The number of benzene rings is 2. The maximum Gasteiger partial charge on any atom is 0.375 e. The molecule has 0 atom stereocenters. The minimum Gasteiger partial charge on any atom is -0.404 e. The smallest absolute Gasteiger partial charge is 0.375 e. The van der Waals surface area contributed by atoms with E-state index >= 15 is 0 Å². The van der Waals surface area contributed by atoms with Gasteiger partial charge in [0, 0.05) is 30.2 Å². The largest absolute Gasteiger partial charge is 0.404 e. The summed E-state index contributed by atoms with van der Waals surface area (Å²) in [5, 5.41) is 7.19. The Morgan fingerprint density at radius 1 is 1.08 bits per heavy atom. The van der Waals surface area contributed by atoms with Crippen molar-refractivity contribution in [3.8, 4) is 11.4 Å². The highest BCUT2D eigenvalue weighted by Gasteiger charge is 2.14. The van der Waals surface area contributed by atoms with Gasteiger partial charge in [0.2, 0.25) is 0 Å². The Labute approximate surface area is 145 Å². The highest BCUT2D eigenvalue weighted by molar-refractivity contribution is 5.85. The number of H-pyrrole nitrogens is 1. The van der Waals surface area contributed by atoms with Crippen LogP contribution in [0.3, 0.4) is 0 Å². The van der Waals surface area contributed by atoms with E-state index in [1.165, 1.54) is 0 Å². The molecule has 0 radical (unpaired) electrons. The molecule has 0 amide bonds. The Kier molecular flexibility index (Phi) is 3.76. The van der Waals surface area contributed by atoms with Crippen molar-refractivity contribution in [1.82, 2.24) is 9.97 Å². The Hall–Kier alpha value is -3.08. The molecule has 0 aliphatic carbocycles. The van der Waals surface area contributed by atoms with Gasteiger partial charge >= 0.3 is 5.55 Å². The summed E-state index contributed by atoms with van der Waals surface area (Å²) in [6, 6.07) is 16.2. The van der Waals surface area contributed by atoms with Crippen molar-refractivity contribution in [2.45, 2.75) is 13.8 Å². The standard InChI is InChI=1S/C20H20N4O/c1-3-24(4-2)14-10-9-13-11-15(19(21)25-18(13)12-14)20-22-16-7-5-6-8-17(16)23-20/h5-12,21H,3-4H2,1-2H3,(H,22,23)/p+1. The van der Waals surface area contributed by atoms with Crippen LogP contribution >= 0.6 is 0 Å². The molecule has 2 aromatic heterocycles. The normalized spacial score (nSPS) is 11.3. The second-order valence-electron chi connectivity index (χ2n) is 6.02. The van der Waals surface area contributed by atoms with E-state index in [9.17, 15) is 0 Å². The van der Waals surface area contributed by atoms with Crippen molar-refractivity contribution in [2.75, 3.05) is 18.0 Å². The molecule has 4 aromatic rings. The van der Waals surface area contributed by atoms with E-state index < -0.39 is 0 Å². The number of nitrogens with two attached hydrogens (primary N) is 1. The third-order valence-electron chi connectivity index (χ3n) is 4.56. The third kappa shape index (κ3) is 2.67. The zero-order valence-corrected chi connectivity index (χ0v) is 14.4. The fourth-order valence-corrected chi connectivity index (χ4v) is 3.18. The summed E-state index contributed by atoms with van der Waals surface area (Å²) < 4.78 is 5.91. The summed E-state index contributed by atoms with van der Waals surface area (Å²) in [7, 11) is 0. The molecule has 0 fully saturated rings. The van der Waals surface area contributed by atoms with Gasteiger partial charge in [-0.1, -0.05) is 12.1 Å². The lowest BCUT2D eigenvalue weighted by molar-refractivity contribution is -0.196. The Bertz CT molecular complexity index is 1070. The van der Waals surface area contributed by atoms with Gasteiger partial charge in [0.15, 0.2) is 0 Å². The monoisotopic (exact) mass is 333 g/mol. The molecular weight excluding hydrogens is 312 g/mol. The summed E-state index contributed by atoms with van der Waals surface area (Å²) in [5.74, 6) is 0.720. The van der Waals surface area contributed by atoms with Gasteiger partial charge in [0.25, 0.3) is 0 Å². The molecule has 25 heavy (non-hydrogen) atoms. The van der Waals surface area contributed by atoms with E-state index in [-0.39, 0.29) is 0 Å². The third-order valence-corrected chi connectivity index (χ3v) is 4.56. The van der Waals surface area contributed by atoms with Gasteiger partial charge in [-0.05, 0) is 44.2 Å². The minimum absolute atomic E-state index is 0.364. The van der Waals surface area contributed by atoms with Crippen molar-refractivity contribution in [3.05, 3.63) is 54.1 Å². The van der Waals surface area contributed by atoms with E-state index in [4.69, 9.17) is 9.83 Å². The molecule has 4 rings (SSSR count). The molecule has 0 saturated heterocycles. The number of nitrogens with one attached hydrogen (secondary N) is 1. The van der Waals surface area contributed by atoms with Gasteiger partial charge in [0.1, 0.15) is 17.0 Å². The van der Waals surface area contributed by atoms with Crippen LogP contribution in [0, 0.1) is 0 Å². The summed E-state index contributed by atoms with van der Waals surface area (Å²) in [6.07, 6.45) is 0. The molecule has 126 valence electrons. The van der Waals surface area contributed by atoms with Crippen molar-refractivity contribution < 1.29 is 9.83 Å².